The van der Waals surface area contributed by atoms with Crippen LogP contribution in [0.3, 0.4) is 0 Å². The summed E-state index contributed by atoms with van der Waals surface area (Å²) in [4.78, 5) is 91.7. The fraction of sp³-hybridized carbons (Fsp3) is 0.704. The molecule has 0 bridgehead atoms. The first kappa shape index (κ1) is 34.8. The van der Waals surface area contributed by atoms with Crippen LogP contribution in [0.5, 0.6) is 0 Å². The summed E-state index contributed by atoms with van der Waals surface area (Å²) < 4.78 is 0. The second-order valence-corrected chi connectivity index (χ2v) is 11.3. The van der Waals surface area contributed by atoms with Crippen LogP contribution in [-0.4, -0.2) is 113 Å². The van der Waals surface area contributed by atoms with Gasteiger partial charge in [-0.2, -0.15) is 5.21 Å². The Hall–Kier alpha value is -4.64. The Morgan fingerprint density at radius 3 is 2.29 bits per heavy atom. The van der Waals surface area contributed by atoms with Gasteiger partial charge >= 0.3 is 18.0 Å². The number of carboxylic acids is 2. The number of nitrogens with one attached hydrogen (secondary N) is 4. The summed E-state index contributed by atoms with van der Waals surface area (Å²) in [6.07, 6.45) is 2.81. The van der Waals surface area contributed by atoms with Gasteiger partial charge in [0.2, 0.25) is 17.7 Å². The van der Waals surface area contributed by atoms with Crippen LogP contribution in [0.1, 0.15) is 83.9 Å². The van der Waals surface area contributed by atoms with Gasteiger partial charge in [-0.05, 0) is 25.2 Å². The van der Waals surface area contributed by atoms with Gasteiger partial charge in [-0.3, -0.25) is 28.8 Å². The fourth-order valence-electron chi connectivity index (χ4n) is 5.43. The van der Waals surface area contributed by atoms with E-state index in [2.05, 4.69) is 36.6 Å². The van der Waals surface area contributed by atoms with Crippen molar-refractivity contribution in [2.45, 2.75) is 109 Å². The van der Waals surface area contributed by atoms with Gasteiger partial charge in [-0.1, -0.05) is 44.7 Å². The maximum atomic E-state index is 14.0. The lowest BCUT2D eigenvalue weighted by atomic mass is 9.94. The average Bonchev–Trinajstić information content (AvgIpc) is 3.67. The molecule has 0 spiro atoms. The predicted molar refractivity (Wildman–Crippen MR) is 153 cm³/mol. The Morgan fingerprint density at radius 2 is 1.69 bits per heavy atom. The van der Waals surface area contributed by atoms with E-state index in [1.165, 1.54) is 4.90 Å². The Morgan fingerprint density at radius 1 is 1.00 bits per heavy atom. The highest BCUT2D eigenvalue weighted by Gasteiger charge is 2.49. The number of aromatic amines is 1. The first-order chi connectivity index (χ1) is 21.4. The topological polar surface area (TPSA) is 257 Å². The number of rotatable bonds is 16. The molecule has 45 heavy (non-hydrogen) atoms. The molecule has 2 fully saturated rings. The van der Waals surface area contributed by atoms with Gasteiger partial charge in [0, 0.05) is 18.9 Å². The number of carbonyl (C=O) groups excluding carboxylic acids is 5. The Balaban J connectivity index is 1.86. The van der Waals surface area contributed by atoms with Crippen LogP contribution in [0.15, 0.2) is 0 Å². The number of carbonyl (C=O) groups is 7. The van der Waals surface area contributed by atoms with Crippen LogP contribution in [-0.2, 0) is 35.3 Å². The van der Waals surface area contributed by atoms with Gasteiger partial charge in [0.15, 0.2) is 5.82 Å². The van der Waals surface area contributed by atoms with Crippen molar-refractivity contribution in [2.24, 2.45) is 5.92 Å². The molecular formula is C27H41N9O9. The molecule has 18 nitrogen and oxygen atoms in total. The number of aliphatic carboxylic acids is 2. The van der Waals surface area contributed by atoms with E-state index >= 15 is 0 Å². The zero-order chi connectivity index (χ0) is 33.1. The van der Waals surface area contributed by atoms with E-state index in [4.69, 9.17) is 5.11 Å². The van der Waals surface area contributed by atoms with Gasteiger partial charge in [0.1, 0.15) is 18.1 Å². The molecule has 0 aromatic carbocycles. The number of urea groups is 1. The fourth-order valence-corrected chi connectivity index (χ4v) is 5.43. The average molecular weight is 636 g/mol. The third-order valence-corrected chi connectivity index (χ3v) is 8.14. The largest absolute Gasteiger partial charge is 0.481 e. The van der Waals surface area contributed by atoms with Crippen molar-refractivity contribution >= 4 is 41.6 Å². The van der Waals surface area contributed by atoms with E-state index in [0.29, 0.717) is 19.3 Å². The highest BCUT2D eigenvalue weighted by Crippen LogP contribution is 2.29. The van der Waals surface area contributed by atoms with Gasteiger partial charge in [-0.25, -0.2) is 9.69 Å². The number of nitrogens with zero attached hydrogens (tertiary/aromatic N) is 5. The number of amides is 6. The molecule has 1 saturated carbocycles. The molecule has 248 valence electrons. The van der Waals surface area contributed by atoms with Crippen molar-refractivity contribution in [1.29, 1.82) is 0 Å². The van der Waals surface area contributed by atoms with Gasteiger partial charge < -0.3 is 31.1 Å². The van der Waals surface area contributed by atoms with E-state index in [0.717, 1.165) is 24.2 Å². The predicted octanol–water partition coefficient (Wildman–Crippen LogP) is -0.473. The SMILES string of the molecule is CC[C@H](C)[C@H](NC(=O)CCC(=O)O)C(=O)NC(CCC(=O)O)C(=O)N1C(=O)N(C2CCCCC2)CC1C(=O)NCc1nn[nH]n1. The quantitative estimate of drug-likeness (QED) is 0.135. The Labute approximate surface area is 259 Å². The Bertz CT molecular complexity index is 1240. The molecular weight excluding hydrogens is 594 g/mol. The number of aromatic nitrogens is 4. The molecule has 0 radical (unpaired) electrons. The van der Waals surface area contributed by atoms with Crippen LogP contribution < -0.4 is 16.0 Å². The summed E-state index contributed by atoms with van der Waals surface area (Å²) in [6.45, 7) is 3.21. The minimum absolute atomic E-state index is 0.0952. The molecule has 1 aliphatic carbocycles. The van der Waals surface area contributed by atoms with E-state index < -0.39 is 84.9 Å². The molecule has 6 amide bonds. The monoisotopic (exact) mass is 635 g/mol. The smallest absolute Gasteiger partial charge is 0.327 e. The van der Waals surface area contributed by atoms with Crippen LogP contribution >= 0.6 is 0 Å². The van der Waals surface area contributed by atoms with Gasteiger partial charge in [0.25, 0.3) is 5.91 Å². The molecule has 1 aliphatic heterocycles. The molecule has 2 heterocycles. The standard InChI is InChI=1S/C27H41N9O9/c1-3-15(2)23(30-20(37)10-12-22(40)41)25(43)29-17(9-11-21(38)39)26(44)36-18(24(42)28-13-19-31-33-34-32-19)14-35(27(36)45)16-7-5-4-6-8-16/h15-18,23H,3-14H2,1-2H3,(H,28,42)(H,29,43)(H,30,37)(H,38,39)(H,40,41)(H,31,32,33,34)/t15-,17?,18?,23-/m0/s1. The number of hydrogen-bond donors (Lipinski definition) is 6. The third kappa shape index (κ3) is 9.67. The summed E-state index contributed by atoms with van der Waals surface area (Å²) in [5.74, 6) is -5.88. The van der Waals surface area contributed by atoms with Crippen molar-refractivity contribution < 1.29 is 43.8 Å². The van der Waals surface area contributed by atoms with Crippen LogP contribution in [0.25, 0.3) is 0 Å². The summed E-state index contributed by atoms with van der Waals surface area (Å²) in [6, 6.07) is -4.91. The summed E-state index contributed by atoms with van der Waals surface area (Å²) in [5.41, 5.74) is 0. The van der Waals surface area contributed by atoms with Crippen LogP contribution in [0, 0.1) is 5.92 Å². The van der Waals surface area contributed by atoms with E-state index in [-0.39, 0.29) is 31.4 Å². The van der Waals surface area contributed by atoms with Crippen molar-refractivity contribution in [3.8, 4) is 0 Å². The lowest BCUT2D eigenvalue weighted by molar-refractivity contribution is -0.141. The maximum Gasteiger partial charge on any atom is 0.327 e. The molecule has 1 aromatic rings. The van der Waals surface area contributed by atoms with E-state index in [1.54, 1.807) is 13.8 Å². The first-order valence-electron chi connectivity index (χ1n) is 15.1. The first-order valence-corrected chi connectivity index (χ1v) is 15.1. The minimum Gasteiger partial charge on any atom is -0.481 e. The number of imide groups is 1. The van der Waals surface area contributed by atoms with E-state index in [9.17, 15) is 38.7 Å². The molecule has 4 atom stereocenters. The highest BCUT2D eigenvalue weighted by atomic mass is 16.4. The van der Waals surface area contributed by atoms with Crippen molar-refractivity contribution in [2.75, 3.05) is 6.54 Å². The number of H-pyrrole nitrogens is 1. The number of hydrogen-bond acceptors (Lipinski definition) is 10. The lowest BCUT2D eigenvalue weighted by Crippen LogP contribution is -2.58. The maximum absolute atomic E-state index is 14.0. The van der Waals surface area contributed by atoms with Crippen molar-refractivity contribution in [1.82, 2.24) is 46.4 Å². The molecule has 1 aromatic heterocycles. The van der Waals surface area contributed by atoms with Crippen molar-refractivity contribution in [3.05, 3.63) is 5.82 Å². The van der Waals surface area contributed by atoms with Crippen LogP contribution in [0.2, 0.25) is 0 Å². The minimum atomic E-state index is -1.53. The molecule has 2 unspecified atom stereocenters. The summed E-state index contributed by atoms with van der Waals surface area (Å²) in [7, 11) is 0. The van der Waals surface area contributed by atoms with Gasteiger partial charge in [-0.15, -0.1) is 10.2 Å². The second kappa shape index (κ2) is 16.4. The van der Waals surface area contributed by atoms with Gasteiger partial charge in [0.05, 0.1) is 19.5 Å². The zero-order valence-corrected chi connectivity index (χ0v) is 25.4. The van der Waals surface area contributed by atoms with Crippen LogP contribution in [0.4, 0.5) is 4.79 Å². The lowest BCUT2D eigenvalue weighted by Gasteiger charge is -2.31. The second-order valence-electron chi connectivity index (χ2n) is 11.3. The molecule has 2 aliphatic rings. The molecule has 6 N–H and O–H groups in total. The Kier molecular flexibility index (Phi) is 12.7. The highest BCUT2D eigenvalue weighted by molar-refractivity contribution is 6.05. The van der Waals surface area contributed by atoms with Crippen molar-refractivity contribution in [3.63, 3.8) is 0 Å². The number of carboxylic acid groups (broad SMARTS) is 2. The molecule has 3 rings (SSSR count). The van der Waals surface area contributed by atoms with E-state index in [1.807, 2.05) is 0 Å². The normalized spacial score (nSPS) is 19.0. The molecule has 18 heteroatoms. The summed E-state index contributed by atoms with van der Waals surface area (Å²) >= 11 is 0. The zero-order valence-electron chi connectivity index (χ0n) is 25.4. The molecule has 1 saturated heterocycles. The third-order valence-electron chi connectivity index (χ3n) is 8.14. The summed E-state index contributed by atoms with van der Waals surface area (Å²) in [5, 5.41) is 39.1. The number of tetrazole rings is 1.